The quantitative estimate of drug-likeness (QED) is 0.760. The number of pyridine rings is 1. The standard InChI is InChI=1S/C13H23N3O3S/c1-5-19-9-12(10(2)3)16-20(17,18)13-8-15-7-6-11(13)14-4/h6-8,10,12,16H,5,9H2,1-4H3,(H,14,15). The summed E-state index contributed by atoms with van der Waals surface area (Å²) in [6, 6.07) is 1.35. The predicted molar refractivity (Wildman–Crippen MR) is 79.2 cm³/mol. The Kier molecular flexibility index (Phi) is 6.38. The largest absolute Gasteiger partial charge is 0.387 e. The fraction of sp³-hybridized carbons (Fsp3) is 0.615. The zero-order chi connectivity index (χ0) is 15.2. The topological polar surface area (TPSA) is 80.3 Å². The summed E-state index contributed by atoms with van der Waals surface area (Å²) in [5.74, 6) is 0.131. The van der Waals surface area contributed by atoms with Crippen LogP contribution in [0.1, 0.15) is 20.8 Å². The van der Waals surface area contributed by atoms with E-state index in [-0.39, 0.29) is 16.9 Å². The highest BCUT2D eigenvalue weighted by molar-refractivity contribution is 7.89. The zero-order valence-corrected chi connectivity index (χ0v) is 13.2. The average molecular weight is 301 g/mol. The summed E-state index contributed by atoms with van der Waals surface area (Å²) < 4.78 is 32.9. The second kappa shape index (κ2) is 7.56. The van der Waals surface area contributed by atoms with E-state index in [0.717, 1.165) is 0 Å². The number of rotatable bonds is 8. The molecule has 2 N–H and O–H groups in total. The Morgan fingerprint density at radius 2 is 2.10 bits per heavy atom. The fourth-order valence-electron chi connectivity index (χ4n) is 1.67. The Balaban J connectivity index is 2.97. The van der Waals surface area contributed by atoms with Crippen LogP contribution >= 0.6 is 0 Å². The van der Waals surface area contributed by atoms with Crippen molar-refractivity contribution < 1.29 is 13.2 Å². The molecular formula is C13H23N3O3S. The summed E-state index contributed by atoms with van der Waals surface area (Å²) in [6.45, 7) is 6.69. The van der Waals surface area contributed by atoms with E-state index in [1.54, 1.807) is 19.3 Å². The first-order valence-electron chi connectivity index (χ1n) is 6.64. The van der Waals surface area contributed by atoms with Gasteiger partial charge in [-0.15, -0.1) is 0 Å². The van der Waals surface area contributed by atoms with E-state index in [4.69, 9.17) is 4.74 Å². The summed E-state index contributed by atoms with van der Waals surface area (Å²) in [4.78, 5) is 4.03. The number of aromatic nitrogens is 1. The number of ether oxygens (including phenoxy) is 1. The Morgan fingerprint density at radius 3 is 2.65 bits per heavy atom. The maximum Gasteiger partial charge on any atom is 0.244 e. The van der Waals surface area contributed by atoms with Gasteiger partial charge in [-0.2, -0.15) is 0 Å². The van der Waals surface area contributed by atoms with Gasteiger partial charge in [-0.05, 0) is 18.9 Å². The summed E-state index contributed by atoms with van der Waals surface area (Å²) in [7, 11) is -1.96. The van der Waals surface area contributed by atoms with Gasteiger partial charge in [0.1, 0.15) is 4.90 Å². The first kappa shape index (κ1) is 16.9. The number of anilines is 1. The molecule has 0 bridgehead atoms. The number of hydrogen-bond donors (Lipinski definition) is 2. The molecule has 0 aliphatic heterocycles. The molecule has 0 saturated heterocycles. The van der Waals surface area contributed by atoms with E-state index < -0.39 is 10.0 Å². The van der Waals surface area contributed by atoms with Crippen LogP contribution in [0.2, 0.25) is 0 Å². The molecule has 7 heteroatoms. The number of nitrogens with zero attached hydrogens (tertiary/aromatic N) is 1. The number of nitrogens with one attached hydrogen (secondary N) is 2. The van der Waals surface area contributed by atoms with Crippen molar-refractivity contribution in [2.75, 3.05) is 25.6 Å². The molecule has 0 aliphatic rings. The monoisotopic (exact) mass is 301 g/mol. The molecule has 0 saturated carbocycles. The molecule has 1 aromatic heterocycles. The molecule has 6 nitrogen and oxygen atoms in total. The zero-order valence-electron chi connectivity index (χ0n) is 12.4. The first-order chi connectivity index (χ1) is 9.42. The molecule has 0 spiro atoms. The highest BCUT2D eigenvalue weighted by Crippen LogP contribution is 2.19. The van der Waals surface area contributed by atoms with Crippen LogP contribution in [0.3, 0.4) is 0 Å². The molecule has 0 amide bonds. The minimum absolute atomic E-state index is 0.131. The van der Waals surface area contributed by atoms with Crippen molar-refractivity contribution in [1.82, 2.24) is 9.71 Å². The summed E-state index contributed by atoms with van der Waals surface area (Å²) in [5, 5.41) is 2.86. The SMILES string of the molecule is CCOCC(NS(=O)(=O)c1cnccc1NC)C(C)C. The van der Waals surface area contributed by atoms with E-state index in [1.807, 2.05) is 20.8 Å². The van der Waals surface area contributed by atoms with Gasteiger partial charge in [-0.3, -0.25) is 4.98 Å². The van der Waals surface area contributed by atoms with E-state index in [2.05, 4.69) is 15.0 Å². The van der Waals surface area contributed by atoms with Crippen molar-refractivity contribution in [2.45, 2.75) is 31.7 Å². The van der Waals surface area contributed by atoms with Crippen molar-refractivity contribution in [3.05, 3.63) is 18.5 Å². The van der Waals surface area contributed by atoms with Crippen LogP contribution in [0.5, 0.6) is 0 Å². The molecule has 0 aliphatic carbocycles. The smallest absolute Gasteiger partial charge is 0.244 e. The van der Waals surface area contributed by atoms with E-state index in [1.165, 1.54) is 6.20 Å². The van der Waals surface area contributed by atoms with E-state index in [0.29, 0.717) is 18.9 Å². The van der Waals surface area contributed by atoms with Crippen LogP contribution in [0.15, 0.2) is 23.4 Å². The first-order valence-corrected chi connectivity index (χ1v) is 8.12. The molecule has 1 heterocycles. The Labute approximate surface area is 121 Å². The lowest BCUT2D eigenvalue weighted by molar-refractivity contribution is 0.116. The molecule has 1 atom stereocenters. The lowest BCUT2D eigenvalue weighted by atomic mass is 10.1. The molecular weight excluding hydrogens is 278 g/mol. The van der Waals surface area contributed by atoms with Gasteiger partial charge in [0.15, 0.2) is 0 Å². The van der Waals surface area contributed by atoms with Crippen LogP contribution in [0.25, 0.3) is 0 Å². The summed E-state index contributed by atoms with van der Waals surface area (Å²) in [6.07, 6.45) is 2.89. The number of hydrogen-bond acceptors (Lipinski definition) is 5. The van der Waals surface area contributed by atoms with Crippen LogP contribution in [-0.4, -0.2) is 39.7 Å². The van der Waals surface area contributed by atoms with E-state index in [9.17, 15) is 8.42 Å². The fourth-order valence-corrected chi connectivity index (χ4v) is 3.20. The third-order valence-electron chi connectivity index (χ3n) is 2.96. The van der Waals surface area contributed by atoms with Crippen LogP contribution in [-0.2, 0) is 14.8 Å². The second-order valence-electron chi connectivity index (χ2n) is 4.75. The van der Waals surface area contributed by atoms with E-state index >= 15 is 0 Å². The average Bonchev–Trinajstić information content (AvgIpc) is 2.43. The van der Waals surface area contributed by atoms with Crippen LogP contribution < -0.4 is 10.0 Å². The van der Waals surface area contributed by atoms with Gasteiger partial charge < -0.3 is 10.1 Å². The van der Waals surface area contributed by atoms with Gasteiger partial charge in [0.2, 0.25) is 10.0 Å². The molecule has 1 aromatic rings. The number of sulfonamides is 1. The van der Waals surface area contributed by atoms with Gasteiger partial charge in [0, 0.05) is 32.1 Å². The van der Waals surface area contributed by atoms with Crippen molar-refractivity contribution in [2.24, 2.45) is 5.92 Å². The molecule has 1 rings (SSSR count). The van der Waals surface area contributed by atoms with Crippen molar-refractivity contribution in [3.63, 3.8) is 0 Å². The van der Waals surface area contributed by atoms with Gasteiger partial charge in [-0.1, -0.05) is 13.8 Å². The minimum atomic E-state index is -3.63. The second-order valence-corrected chi connectivity index (χ2v) is 6.44. The Hall–Kier alpha value is -1.18. The van der Waals surface area contributed by atoms with Gasteiger partial charge >= 0.3 is 0 Å². The summed E-state index contributed by atoms with van der Waals surface area (Å²) >= 11 is 0. The van der Waals surface area contributed by atoms with Gasteiger partial charge in [0.25, 0.3) is 0 Å². The van der Waals surface area contributed by atoms with Crippen LogP contribution in [0, 0.1) is 5.92 Å². The van der Waals surface area contributed by atoms with Crippen molar-refractivity contribution >= 4 is 15.7 Å². The Morgan fingerprint density at radius 1 is 1.40 bits per heavy atom. The highest BCUT2D eigenvalue weighted by atomic mass is 32.2. The highest BCUT2D eigenvalue weighted by Gasteiger charge is 2.24. The third kappa shape index (κ3) is 4.43. The molecule has 0 aromatic carbocycles. The predicted octanol–water partition coefficient (Wildman–Crippen LogP) is 1.46. The maximum absolute atomic E-state index is 12.4. The van der Waals surface area contributed by atoms with Crippen molar-refractivity contribution in [3.8, 4) is 0 Å². The van der Waals surface area contributed by atoms with Gasteiger partial charge in [-0.25, -0.2) is 13.1 Å². The molecule has 0 radical (unpaired) electrons. The normalized spacial score (nSPS) is 13.4. The molecule has 0 fully saturated rings. The third-order valence-corrected chi connectivity index (χ3v) is 4.47. The molecule has 114 valence electrons. The van der Waals surface area contributed by atoms with Crippen molar-refractivity contribution in [1.29, 1.82) is 0 Å². The maximum atomic E-state index is 12.4. The lowest BCUT2D eigenvalue weighted by Gasteiger charge is -2.22. The lowest BCUT2D eigenvalue weighted by Crippen LogP contribution is -2.42. The molecule has 20 heavy (non-hydrogen) atoms. The minimum Gasteiger partial charge on any atom is -0.387 e. The molecule has 1 unspecified atom stereocenters. The van der Waals surface area contributed by atoms with Crippen LogP contribution in [0.4, 0.5) is 5.69 Å². The summed E-state index contributed by atoms with van der Waals surface area (Å²) in [5.41, 5.74) is 0.520. The van der Waals surface area contributed by atoms with Gasteiger partial charge in [0.05, 0.1) is 12.3 Å². The Bertz CT molecular complexity index is 517.